The molecule has 0 saturated heterocycles. The van der Waals surface area contributed by atoms with Crippen molar-refractivity contribution < 1.29 is 39.2 Å². The lowest BCUT2D eigenvalue weighted by Gasteiger charge is -2.58. The van der Waals surface area contributed by atoms with Crippen LogP contribution in [-0.4, -0.2) is 88.0 Å². The van der Waals surface area contributed by atoms with Crippen molar-refractivity contribution in [2.24, 2.45) is 22.6 Å². The zero-order chi connectivity index (χ0) is 37.2. The van der Waals surface area contributed by atoms with Gasteiger partial charge in [-0.25, -0.2) is 0 Å². The van der Waals surface area contributed by atoms with E-state index in [0.717, 1.165) is 16.3 Å². The Morgan fingerprint density at radius 3 is 2.33 bits per heavy atom. The highest BCUT2D eigenvalue weighted by Crippen LogP contribution is 2.59. The maximum atomic E-state index is 14.7. The van der Waals surface area contributed by atoms with E-state index in [4.69, 9.17) is 21.9 Å². The largest absolute Gasteiger partial charge is 0.509 e. The molecule has 0 unspecified atom stereocenters. The number of carbonyl (C=O) groups excluding carboxylic acids is 4. The molecule has 3 aliphatic rings. The van der Waals surface area contributed by atoms with Crippen LogP contribution in [0.1, 0.15) is 30.0 Å². The van der Waals surface area contributed by atoms with Crippen molar-refractivity contribution in [2.75, 3.05) is 27.2 Å². The maximum Gasteiger partial charge on any atom is 0.319 e. The molecule has 3 aliphatic carbocycles. The number of Topliss-reactive ketones (excluding diaryl/α,β-unsaturated/α-hetero) is 2. The van der Waals surface area contributed by atoms with Gasteiger partial charge in [0.1, 0.15) is 22.8 Å². The molecule has 0 spiro atoms. The highest BCUT2D eigenvalue weighted by Gasteiger charge is 2.74. The molecule has 10 N–H and O–H groups in total. The second-order valence-electron chi connectivity index (χ2n) is 13.5. The number of carbonyl (C=O) groups is 4. The van der Waals surface area contributed by atoms with Gasteiger partial charge in [0, 0.05) is 6.54 Å². The first-order chi connectivity index (χ1) is 24.1. The average Bonchev–Trinajstić information content (AvgIpc) is 3.04. The molecule has 1 amide bonds. The summed E-state index contributed by atoms with van der Waals surface area (Å²) in [6, 6.07) is 14.6. The smallest absolute Gasteiger partial charge is 0.319 e. The highest BCUT2D eigenvalue weighted by molar-refractivity contribution is 6.25. The van der Waals surface area contributed by atoms with Crippen LogP contribution in [-0.2, 0) is 36.9 Å². The van der Waals surface area contributed by atoms with E-state index in [2.05, 4.69) is 5.32 Å². The number of fused-ring (bicyclic) bond motifs is 4. The van der Waals surface area contributed by atoms with Gasteiger partial charge in [-0.15, -0.1) is 0 Å². The number of nitrogens with one attached hydrogen (secondary N) is 1. The molecule has 1 fully saturated rings. The number of nitriles is 1. The van der Waals surface area contributed by atoms with Crippen LogP contribution in [0.25, 0.3) is 27.7 Å². The third-order valence-electron chi connectivity index (χ3n) is 10.3. The quantitative estimate of drug-likeness (QED) is 0.130. The third kappa shape index (κ3) is 4.92. The van der Waals surface area contributed by atoms with Gasteiger partial charge in [-0.1, -0.05) is 42.5 Å². The number of esters is 1. The minimum Gasteiger partial charge on any atom is -0.509 e. The van der Waals surface area contributed by atoms with Gasteiger partial charge in [0.25, 0.3) is 5.91 Å². The summed E-state index contributed by atoms with van der Waals surface area (Å²) in [5, 5.41) is 49.9. The number of benzene rings is 3. The predicted molar refractivity (Wildman–Crippen MR) is 185 cm³/mol. The molecule has 6 rings (SSSR count). The first kappa shape index (κ1) is 35.2. The van der Waals surface area contributed by atoms with Crippen molar-refractivity contribution in [1.29, 1.82) is 5.26 Å². The highest BCUT2D eigenvalue weighted by atomic mass is 16.5. The monoisotopic (exact) mass is 694 g/mol. The number of phenols is 1. The molecule has 0 bridgehead atoms. The van der Waals surface area contributed by atoms with Crippen molar-refractivity contribution in [3.8, 4) is 22.9 Å². The van der Waals surface area contributed by atoms with E-state index in [1.165, 1.54) is 25.1 Å². The van der Waals surface area contributed by atoms with Gasteiger partial charge in [-0.2, -0.15) is 5.26 Å². The number of rotatable bonds is 8. The number of nitrogens with two attached hydrogens (primary N) is 3. The van der Waals surface area contributed by atoms with Crippen LogP contribution in [0.3, 0.4) is 0 Å². The molecule has 14 nitrogen and oxygen atoms in total. The molecular weight excluding hydrogens is 656 g/mol. The number of primary amides is 1. The number of aliphatic hydroxyl groups excluding tert-OH is 2. The molecule has 3 aromatic rings. The van der Waals surface area contributed by atoms with Gasteiger partial charge in [0.2, 0.25) is 0 Å². The summed E-state index contributed by atoms with van der Waals surface area (Å²) >= 11 is 0. The van der Waals surface area contributed by atoms with E-state index in [9.17, 15) is 39.8 Å². The Labute approximate surface area is 292 Å². The van der Waals surface area contributed by atoms with Gasteiger partial charge in [0.05, 0.1) is 47.5 Å². The maximum absolute atomic E-state index is 14.7. The Kier molecular flexibility index (Phi) is 8.52. The Morgan fingerprint density at radius 1 is 1.04 bits per heavy atom. The van der Waals surface area contributed by atoms with E-state index in [-0.39, 0.29) is 36.9 Å². The first-order valence-corrected chi connectivity index (χ1v) is 16.2. The number of likely N-dealkylation sites (N-methyl/N-ethyl adjacent to an activating group) is 1. The number of aliphatic hydroxyl groups is 2. The Balaban J connectivity index is 1.55. The molecule has 51 heavy (non-hydrogen) atoms. The SMILES string of the molecule is CCOC(=O)CNCc1ccc(-c2ccc(O)c3c2C[C@@]2(N)C[C@@]4(N)[C@H](N(C)C)C(=O)C(C(N)=O)=C(O)[C@@]4(C#N)C(=O)C2=C3O)c2ccccc12. The lowest BCUT2D eigenvalue weighted by atomic mass is 9.47. The van der Waals surface area contributed by atoms with Crippen LogP contribution < -0.4 is 22.5 Å². The second-order valence-corrected chi connectivity index (χ2v) is 13.5. The fourth-order valence-electron chi connectivity index (χ4n) is 8.35. The number of phenolic OH excluding ortho intramolecular Hbond substituents is 1. The fourth-order valence-corrected chi connectivity index (χ4v) is 8.35. The summed E-state index contributed by atoms with van der Waals surface area (Å²) < 4.78 is 5.00. The second kappa shape index (κ2) is 12.3. The molecule has 1 saturated carbocycles. The zero-order valence-corrected chi connectivity index (χ0v) is 28.2. The topological polar surface area (TPSA) is 255 Å². The fraction of sp³-hybridized carbons (Fsp3) is 0.324. The predicted octanol–water partition coefficient (Wildman–Crippen LogP) is 1.38. The third-order valence-corrected chi connectivity index (χ3v) is 10.3. The van der Waals surface area contributed by atoms with Crippen molar-refractivity contribution in [1.82, 2.24) is 10.2 Å². The van der Waals surface area contributed by atoms with Crippen LogP contribution in [0.4, 0.5) is 0 Å². The van der Waals surface area contributed by atoms with E-state index < -0.39 is 69.1 Å². The molecular formula is C37H38N6O8. The Bertz CT molecular complexity index is 2170. The average molecular weight is 695 g/mol. The number of amides is 1. The van der Waals surface area contributed by atoms with Crippen molar-refractivity contribution >= 4 is 40.0 Å². The van der Waals surface area contributed by atoms with Gasteiger partial charge < -0.3 is 42.6 Å². The van der Waals surface area contributed by atoms with E-state index >= 15 is 0 Å². The van der Waals surface area contributed by atoms with Crippen LogP contribution >= 0.6 is 0 Å². The number of hydrogen-bond donors (Lipinski definition) is 7. The molecule has 0 heterocycles. The lowest BCUT2D eigenvalue weighted by molar-refractivity contribution is -0.142. The van der Waals surface area contributed by atoms with Crippen molar-refractivity contribution in [3.63, 3.8) is 0 Å². The van der Waals surface area contributed by atoms with E-state index in [0.29, 0.717) is 23.2 Å². The molecule has 4 atom stereocenters. The molecule has 264 valence electrons. The lowest BCUT2D eigenvalue weighted by Crippen LogP contribution is -2.80. The van der Waals surface area contributed by atoms with Gasteiger partial charge >= 0.3 is 5.97 Å². The molecule has 0 aliphatic heterocycles. The van der Waals surface area contributed by atoms with Crippen LogP contribution in [0, 0.1) is 16.7 Å². The van der Waals surface area contributed by atoms with Crippen LogP contribution in [0.15, 0.2) is 65.4 Å². The van der Waals surface area contributed by atoms with Crippen LogP contribution in [0.5, 0.6) is 5.75 Å². The Morgan fingerprint density at radius 2 is 1.71 bits per heavy atom. The van der Waals surface area contributed by atoms with Gasteiger partial charge in [0.15, 0.2) is 17.0 Å². The van der Waals surface area contributed by atoms with Crippen LogP contribution in [0.2, 0.25) is 0 Å². The zero-order valence-electron chi connectivity index (χ0n) is 28.2. The molecule has 14 heteroatoms. The molecule has 0 aromatic heterocycles. The number of hydrogen-bond acceptors (Lipinski definition) is 13. The van der Waals surface area contributed by atoms with Crippen molar-refractivity contribution in [3.05, 3.63) is 82.1 Å². The molecule has 3 aromatic carbocycles. The van der Waals surface area contributed by atoms with E-state index in [1.54, 1.807) is 19.1 Å². The Hall–Kier alpha value is -5.59. The summed E-state index contributed by atoms with van der Waals surface area (Å²) in [7, 11) is 2.93. The summed E-state index contributed by atoms with van der Waals surface area (Å²) in [6.45, 7) is 2.39. The first-order valence-electron chi connectivity index (χ1n) is 16.2. The summed E-state index contributed by atoms with van der Waals surface area (Å²) in [5.74, 6) is -6.24. The van der Waals surface area contributed by atoms with Gasteiger partial charge in [-0.3, -0.25) is 24.1 Å². The number of ether oxygens (including phenoxy) is 1. The summed E-state index contributed by atoms with van der Waals surface area (Å²) in [5.41, 5.74) is 13.7. The van der Waals surface area contributed by atoms with E-state index in [1.807, 2.05) is 36.4 Å². The standard InChI is InChI=1S/C37H38N6O8/c1-4-51-25(45)15-42-14-18-9-10-21(20-8-6-5-7-19(18)20)22-11-12-24(44)26-23(22)13-35(40)16-37(41)31(43(2)3)30(47)27(34(39)50)32(48)36(37,17-38)33(49)28(35)29(26)46/h5-12,31,42,44,46,48H,4,13-16,40-41H2,1-3H3,(H2,39,50)/t31-,35-,36+,37-/m1/s1. The normalized spacial score (nSPS) is 25.7. The van der Waals surface area contributed by atoms with Gasteiger partial charge in [-0.05, 0) is 73.0 Å². The number of nitrogens with zero attached hydrogens (tertiary/aromatic N) is 2. The summed E-state index contributed by atoms with van der Waals surface area (Å²) in [6.07, 6.45) is -0.667. The minimum absolute atomic E-state index is 0.0219. The summed E-state index contributed by atoms with van der Waals surface area (Å²) in [4.78, 5) is 54.1. The number of ketones is 2. The molecule has 0 radical (unpaired) electrons. The van der Waals surface area contributed by atoms with Crippen molar-refractivity contribution in [2.45, 2.75) is 43.4 Å². The number of aromatic hydroxyl groups is 1. The minimum atomic E-state index is -2.75.